The average Bonchev–Trinajstić information content (AvgIpc) is 2.91. The molecule has 14 heteroatoms. The van der Waals surface area contributed by atoms with Crippen LogP contribution in [0.3, 0.4) is 0 Å². The molecular weight excluding hydrogens is 610 g/mol. The fourth-order valence-electron chi connectivity index (χ4n) is 4.87. The molecule has 0 aliphatic heterocycles. The molecule has 0 spiro atoms. The van der Waals surface area contributed by atoms with Crippen LogP contribution in [0.15, 0.2) is 0 Å². The summed E-state index contributed by atoms with van der Waals surface area (Å²) < 4.78 is 0. The monoisotopic (exact) mass is 671 g/mol. The molecule has 0 rings (SSSR count). The van der Waals surface area contributed by atoms with E-state index in [0.29, 0.717) is 12.8 Å². The zero-order valence-corrected chi connectivity index (χ0v) is 30.0. The number of aliphatic hydroxyl groups is 2. The molecule has 0 saturated carbocycles. The standard InChI is InChI=1S/C33H61N5O9/c1-16(2)12-22(36-32(46)28(18(5)6)38-33(47)29(19(7)8)37-30(44)20(9)10)24(39)14-26(41)34-21(11)31(45)35-23(13-17(3)4)25(40)15-27(42)43/h16-25,28-29,39-40H,12-15H2,1-11H3,(H,34,41)(H,35,45)(H,36,46)(H,37,44)(H,38,47)(H,42,43)/t21-,22-,23-,24-,25-,28-,29?/m0/s1. The molecule has 0 aliphatic carbocycles. The fourth-order valence-corrected chi connectivity index (χ4v) is 4.87. The molecule has 8 N–H and O–H groups in total. The second-order valence-electron chi connectivity index (χ2n) is 14.3. The minimum atomic E-state index is -1.33. The molecule has 14 nitrogen and oxygen atoms in total. The molecule has 0 aromatic carbocycles. The van der Waals surface area contributed by atoms with Gasteiger partial charge in [-0.15, -0.1) is 0 Å². The first-order chi connectivity index (χ1) is 21.6. The quantitative estimate of drug-likeness (QED) is 0.0873. The SMILES string of the molecule is CC(C)C[C@H](NC(=O)[C@H](C)NC(=O)C[C@H](O)[C@H](CC(C)C)NC(=O)[C@@H](NC(=O)C(NC(=O)C(C)C)C(C)C)C(C)C)[C@@H](O)CC(=O)O. The third-order valence-corrected chi connectivity index (χ3v) is 7.60. The Labute approximate surface area is 280 Å². The second kappa shape index (κ2) is 20.9. The lowest BCUT2D eigenvalue weighted by molar-refractivity contribution is -0.140. The van der Waals surface area contributed by atoms with Gasteiger partial charge in [0.05, 0.1) is 37.1 Å². The molecule has 7 atom stereocenters. The summed E-state index contributed by atoms with van der Waals surface area (Å²) >= 11 is 0. The second-order valence-corrected chi connectivity index (χ2v) is 14.3. The van der Waals surface area contributed by atoms with Crippen LogP contribution in [-0.2, 0) is 28.8 Å². The first-order valence-corrected chi connectivity index (χ1v) is 16.7. The van der Waals surface area contributed by atoms with Crippen molar-refractivity contribution in [3.8, 4) is 0 Å². The fraction of sp³-hybridized carbons (Fsp3) is 0.818. The van der Waals surface area contributed by atoms with Gasteiger partial charge in [-0.1, -0.05) is 69.2 Å². The molecule has 5 amide bonds. The van der Waals surface area contributed by atoms with Crippen LogP contribution in [0, 0.1) is 29.6 Å². The number of nitrogens with one attached hydrogen (secondary N) is 5. The maximum Gasteiger partial charge on any atom is 0.306 e. The van der Waals surface area contributed by atoms with E-state index < -0.39 is 84.9 Å². The van der Waals surface area contributed by atoms with Crippen molar-refractivity contribution in [1.82, 2.24) is 26.6 Å². The topological polar surface area (TPSA) is 223 Å². The summed E-state index contributed by atoms with van der Waals surface area (Å²) in [5.41, 5.74) is 0. The van der Waals surface area contributed by atoms with Crippen LogP contribution in [0.5, 0.6) is 0 Å². The molecule has 1 unspecified atom stereocenters. The number of hydrogen-bond donors (Lipinski definition) is 8. The van der Waals surface area contributed by atoms with E-state index in [4.69, 9.17) is 5.11 Å². The molecule has 0 radical (unpaired) electrons. The summed E-state index contributed by atoms with van der Waals surface area (Å²) in [7, 11) is 0. The highest BCUT2D eigenvalue weighted by molar-refractivity contribution is 5.93. The van der Waals surface area contributed by atoms with E-state index in [-0.39, 0.29) is 35.5 Å². The van der Waals surface area contributed by atoms with Crippen LogP contribution in [0.4, 0.5) is 0 Å². The van der Waals surface area contributed by atoms with Crippen molar-refractivity contribution in [3.63, 3.8) is 0 Å². The summed E-state index contributed by atoms with van der Waals surface area (Å²) in [6.07, 6.45) is -3.02. The van der Waals surface area contributed by atoms with Gasteiger partial charge in [-0.05, 0) is 43.4 Å². The van der Waals surface area contributed by atoms with E-state index in [1.165, 1.54) is 6.92 Å². The number of carbonyl (C=O) groups excluding carboxylic acids is 5. The number of aliphatic carboxylic acids is 1. The third kappa shape index (κ3) is 16.9. The van der Waals surface area contributed by atoms with E-state index in [1.54, 1.807) is 41.5 Å². The summed E-state index contributed by atoms with van der Waals surface area (Å²) in [6.45, 7) is 19.4. The van der Waals surface area contributed by atoms with Gasteiger partial charge < -0.3 is 41.9 Å². The van der Waals surface area contributed by atoms with E-state index in [0.717, 1.165) is 0 Å². The largest absolute Gasteiger partial charge is 0.481 e. The van der Waals surface area contributed by atoms with E-state index in [1.807, 2.05) is 27.7 Å². The first kappa shape index (κ1) is 43.7. The van der Waals surface area contributed by atoms with Crippen molar-refractivity contribution < 1.29 is 44.1 Å². The lowest BCUT2D eigenvalue weighted by Crippen LogP contribution is -2.59. The molecule has 0 saturated heterocycles. The Kier molecular flexibility index (Phi) is 19.4. The number of amides is 5. The number of aliphatic hydroxyl groups excluding tert-OH is 2. The molecule has 0 aromatic heterocycles. The molecular formula is C33H61N5O9. The molecule has 0 aliphatic rings. The maximum absolute atomic E-state index is 13.5. The minimum absolute atomic E-state index is 0.0153. The average molecular weight is 672 g/mol. The van der Waals surface area contributed by atoms with Crippen molar-refractivity contribution in [2.45, 2.75) is 144 Å². The summed E-state index contributed by atoms with van der Waals surface area (Å²) in [5.74, 6) is -4.73. The summed E-state index contributed by atoms with van der Waals surface area (Å²) in [4.78, 5) is 75.7. The van der Waals surface area contributed by atoms with Crippen LogP contribution in [-0.4, -0.2) is 93.2 Å². The number of carboxylic acids is 1. The molecule has 0 bridgehead atoms. The zero-order valence-electron chi connectivity index (χ0n) is 30.0. The van der Waals surface area contributed by atoms with Gasteiger partial charge in [-0.25, -0.2) is 0 Å². The third-order valence-electron chi connectivity index (χ3n) is 7.60. The Morgan fingerprint density at radius 1 is 0.511 bits per heavy atom. The predicted octanol–water partition coefficient (Wildman–Crippen LogP) is 1.08. The number of hydrogen-bond acceptors (Lipinski definition) is 8. The van der Waals surface area contributed by atoms with Crippen molar-refractivity contribution in [2.24, 2.45) is 29.6 Å². The van der Waals surface area contributed by atoms with Gasteiger partial charge in [0.25, 0.3) is 0 Å². The van der Waals surface area contributed by atoms with Gasteiger partial charge in [-0.2, -0.15) is 0 Å². The van der Waals surface area contributed by atoms with Gasteiger partial charge in [-0.3, -0.25) is 28.8 Å². The lowest BCUT2D eigenvalue weighted by atomic mass is 9.95. The number of carbonyl (C=O) groups is 6. The normalized spacial score (nSPS) is 16.2. The summed E-state index contributed by atoms with van der Waals surface area (Å²) in [5, 5.41) is 43.8. The van der Waals surface area contributed by atoms with Crippen molar-refractivity contribution >= 4 is 35.5 Å². The minimum Gasteiger partial charge on any atom is -0.481 e. The van der Waals surface area contributed by atoms with Crippen LogP contribution in [0.2, 0.25) is 0 Å². The van der Waals surface area contributed by atoms with Gasteiger partial charge in [0, 0.05) is 5.92 Å². The van der Waals surface area contributed by atoms with Crippen LogP contribution in [0.25, 0.3) is 0 Å². The van der Waals surface area contributed by atoms with Crippen LogP contribution >= 0.6 is 0 Å². The smallest absolute Gasteiger partial charge is 0.306 e. The molecule has 47 heavy (non-hydrogen) atoms. The van der Waals surface area contributed by atoms with Gasteiger partial charge in [0.15, 0.2) is 0 Å². The van der Waals surface area contributed by atoms with E-state index >= 15 is 0 Å². The highest BCUT2D eigenvalue weighted by atomic mass is 16.4. The van der Waals surface area contributed by atoms with Crippen molar-refractivity contribution in [2.75, 3.05) is 0 Å². The Bertz CT molecular complexity index is 1050. The number of rotatable bonds is 21. The first-order valence-electron chi connectivity index (χ1n) is 16.7. The maximum atomic E-state index is 13.5. The van der Waals surface area contributed by atoms with Gasteiger partial charge in [0.1, 0.15) is 18.1 Å². The van der Waals surface area contributed by atoms with Crippen LogP contribution < -0.4 is 26.6 Å². The molecule has 0 aromatic rings. The van der Waals surface area contributed by atoms with Crippen molar-refractivity contribution in [1.29, 1.82) is 0 Å². The number of carboxylic acid groups (broad SMARTS) is 1. The molecule has 272 valence electrons. The Morgan fingerprint density at radius 2 is 0.894 bits per heavy atom. The van der Waals surface area contributed by atoms with E-state index in [2.05, 4.69) is 26.6 Å². The van der Waals surface area contributed by atoms with Crippen molar-refractivity contribution in [3.05, 3.63) is 0 Å². The molecule has 0 heterocycles. The molecule has 0 fully saturated rings. The lowest BCUT2D eigenvalue weighted by Gasteiger charge is -2.31. The van der Waals surface area contributed by atoms with E-state index in [9.17, 15) is 39.0 Å². The Hall–Kier alpha value is -3.26. The van der Waals surface area contributed by atoms with Gasteiger partial charge >= 0.3 is 5.97 Å². The highest BCUT2D eigenvalue weighted by Gasteiger charge is 2.34. The highest BCUT2D eigenvalue weighted by Crippen LogP contribution is 2.15. The zero-order chi connectivity index (χ0) is 36.8. The van der Waals surface area contributed by atoms with Gasteiger partial charge in [0.2, 0.25) is 29.5 Å². The summed E-state index contributed by atoms with van der Waals surface area (Å²) in [6, 6.07) is -4.62. The van der Waals surface area contributed by atoms with Crippen LogP contribution in [0.1, 0.15) is 102 Å². The Balaban J connectivity index is 5.60. The predicted molar refractivity (Wildman–Crippen MR) is 178 cm³/mol. The Morgan fingerprint density at radius 3 is 1.28 bits per heavy atom.